The molecule has 1 aliphatic rings. The van der Waals surface area contributed by atoms with E-state index in [0.29, 0.717) is 30.7 Å². The fourth-order valence-corrected chi connectivity index (χ4v) is 2.45. The number of amides is 2. The van der Waals surface area contributed by atoms with E-state index in [-0.39, 0.29) is 17.6 Å². The molecule has 2 atom stereocenters. The number of rotatable bonds is 7. The van der Waals surface area contributed by atoms with Crippen LogP contribution in [0.25, 0.3) is 6.08 Å². The molecule has 2 heterocycles. The van der Waals surface area contributed by atoms with Crippen LogP contribution < -0.4 is 10.6 Å². The van der Waals surface area contributed by atoms with Crippen molar-refractivity contribution in [2.24, 2.45) is 5.92 Å². The molecular weight excluding hydrogens is 308 g/mol. The lowest BCUT2D eigenvalue weighted by Crippen LogP contribution is -2.33. The molecular formula is C18H20N2O4. The van der Waals surface area contributed by atoms with E-state index in [1.54, 1.807) is 18.2 Å². The maximum Gasteiger partial charge on any atom is 0.287 e. The second-order valence-electron chi connectivity index (χ2n) is 5.92. The minimum absolute atomic E-state index is 0.236. The first-order valence-electron chi connectivity index (χ1n) is 8.01. The van der Waals surface area contributed by atoms with Crippen LogP contribution in [0.2, 0.25) is 0 Å². The van der Waals surface area contributed by atoms with Gasteiger partial charge in [-0.25, -0.2) is 0 Å². The third-order valence-electron chi connectivity index (χ3n) is 3.98. The van der Waals surface area contributed by atoms with Crippen molar-refractivity contribution in [1.82, 2.24) is 10.6 Å². The van der Waals surface area contributed by atoms with Crippen LogP contribution in [0.5, 0.6) is 0 Å². The zero-order valence-corrected chi connectivity index (χ0v) is 13.5. The second kappa shape index (κ2) is 7.21. The topological polar surface area (TPSA) is 84.5 Å². The Kier molecular flexibility index (Phi) is 4.84. The van der Waals surface area contributed by atoms with Crippen LogP contribution in [-0.2, 0) is 4.79 Å². The highest BCUT2D eigenvalue weighted by Crippen LogP contribution is 2.47. The molecule has 24 heavy (non-hydrogen) atoms. The molecule has 3 rings (SSSR count). The van der Waals surface area contributed by atoms with Gasteiger partial charge in [0, 0.05) is 25.1 Å². The van der Waals surface area contributed by atoms with Crippen LogP contribution >= 0.6 is 0 Å². The van der Waals surface area contributed by atoms with E-state index in [1.807, 2.05) is 12.1 Å². The standard InChI is InChI=1S/C18H20N2O4/c1-12-11-14(12)15-6-4-13(24-15)5-7-17(21)19-8-9-20-18(22)16-3-2-10-23-16/h2-7,10,12,14H,8-9,11H2,1H3,(H,19,21)(H,20,22)/b7-5-/t12-,14-/m1/s1. The summed E-state index contributed by atoms with van der Waals surface area (Å²) in [7, 11) is 0. The highest BCUT2D eigenvalue weighted by atomic mass is 16.3. The van der Waals surface area contributed by atoms with Gasteiger partial charge < -0.3 is 19.5 Å². The average molecular weight is 328 g/mol. The smallest absolute Gasteiger partial charge is 0.287 e. The van der Waals surface area contributed by atoms with Gasteiger partial charge in [-0.1, -0.05) is 6.92 Å². The van der Waals surface area contributed by atoms with Gasteiger partial charge in [0.05, 0.1) is 6.26 Å². The van der Waals surface area contributed by atoms with Gasteiger partial charge >= 0.3 is 0 Å². The molecule has 0 aromatic carbocycles. The minimum Gasteiger partial charge on any atom is -0.461 e. The van der Waals surface area contributed by atoms with E-state index in [1.165, 1.54) is 18.8 Å². The molecule has 0 spiro atoms. The highest BCUT2D eigenvalue weighted by Gasteiger charge is 2.36. The number of hydrogen-bond acceptors (Lipinski definition) is 4. The third-order valence-corrected chi connectivity index (χ3v) is 3.98. The fraction of sp³-hybridized carbons (Fsp3) is 0.333. The number of carbonyl (C=O) groups is 2. The van der Waals surface area contributed by atoms with Crippen molar-refractivity contribution in [3.63, 3.8) is 0 Å². The Balaban J connectivity index is 1.36. The maximum atomic E-state index is 11.7. The summed E-state index contributed by atoms with van der Waals surface area (Å²) in [5.41, 5.74) is 0. The molecule has 1 fully saturated rings. The lowest BCUT2D eigenvalue weighted by atomic mass is 10.3. The van der Waals surface area contributed by atoms with Gasteiger partial charge in [0.25, 0.3) is 5.91 Å². The first kappa shape index (κ1) is 16.1. The van der Waals surface area contributed by atoms with Crippen LogP contribution in [0.1, 0.15) is 41.3 Å². The van der Waals surface area contributed by atoms with Crippen LogP contribution in [0.15, 0.2) is 45.4 Å². The molecule has 2 amide bonds. The molecule has 0 aliphatic heterocycles. The van der Waals surface area contributed by atoms with Crippen molar-refractivity contribution >= 4 is 17.9 Å². The summed E-state index contributed by atoms with van der Waals surface area (Å²) in [6.45, 7) is 2.85. The SMILES string of the molecule is C[C@@H]1C[C@H]1c1ccc(/C=C\C(=O)NCCNC(=O)c2ccco2)o1. The van der Waals surface area contributed by atoms with Crippen molar-refractivity contribution in [3.05, 3.63) is 53.9 Å². The van der Waals surface area contributed by atoms with E-state index in [0.717, 1.165) is 5.76 Å². The molecule has 1 saturated carbocycles. The maximum absolute atomic E-state index is 11.7. The van der Waals surface area contributed by atoms with E-state index in [9.17, 15) is 9.59 Å². The van der Waals surface area contributed by atoms with E-state index in [4.69, 9.17) is 8.83 Å². The molecule has 0 unspecified atom stereocenters. The second-order valence-corrected chi connectivity index (χ2v) is 5.92. The largest absolute Gasteiger partial charge is 0.461 e. The zero-order chi connectivity index (χ0) is 16.9. The first-order chi connectivity index (χ1) is 11.6. The lowest BCUT2D eigenvalue weighted by Gasteiger charge is -2.03. The molecule has 0 bridgehead atoms. The number of carbonyl (C=O) groups excluding carboxylic acids is 2. The van der Waals surface area contributed by atoms with Gasteiger partial charge in [-0.2, -0.15) is 0 Å². The van der Waals surface area contributed by atoms with Crippen molar-refractivity contribution in [3.8, 4) is 0 Å². The van der Waals surface area contributed by atoms with Gasteiger partial charge in [0.1, 0.15) is 11.5 Å². The summed E-state index contributed by atoms with van der Waals surface area (Å²) >= 11 is 0. The Hall–Kier alpha value is -2.76. The van der Waals surface area contributed by atoms with Crippen LogP contribution in [0.4, 0.5) is 0 Å². The minimum atomic E-state index is -0.304. The molecule has 0 radical (unpaired) electrons. The molecule has 2 aromatic heterocycles. The highest BCUT2D eigenvalue weighted by molar-refractivity contribution is 5.92. The van der Waals surface area contributed by atoms with Crippen molar-refractivity contribution in [2.75, 3.05) is 13.1 Å². The average Bonchev–Trinajstić information content (AvgIpc) is 3.03. The molecule has 1 aliphatic carbocycles. The van der Waals surface area contributed by atoms with Crippen LogP contribution in [-0.4, -0.2) is 24.9 Å². The molecule has 6 heteroatoms. The lowest BCUT2D eigenvalue weighted by molar-refractivity contribution is -0.116. The Labute approximate surface area is 139 Å². The van der Waals surface area contributed by atoms with Gasteiger partial charge in [-0.15, -0.1) is 0 Å². The van der Waals surface area contributed by atoms with Gasteiger partial charge in [0.15, 0.2) is 5.76 Å². The number of nitrogens with one attached hydrogen (secondary N) is 2. The van der Waals surface area contributed by atoms with Gasteiger partial charge in [-0.3, -0.25) is 9.59 Å². The summed E-state index contributed by atoms with van der Waals surface area (Å²) in [5, 5.41) is 5.34. The summed E-state index contributed by atoms with van der Waals surface area (Å²) in [4.78, 5) is 23.3. The van der Waals surface area contributed by atoms with Crippen molar-refractivity contribution < 1.29 is 18.4 Å². The quantitative estimate of drug-likeness (QED) is 0.604. The summed E-state index contributed by atoms with van der Waals surface area (Å²) in [5.74, 6) is 2.59. The third kappa shape index (κ3) is 4.16. The first-order valence-corrected chi connectivity index (χ1v) is 8.01. The summed E-state index contributed by atoms with van der Waals surface area (Å²) < 4.78 is 10.7. The van der Waals surface area contributed by atoms with Crippen molar-refractivity contribution in [2.45, 2.75) is 19.3 Å². The Morgan fingerprint density at radius 1 is 1.25 bits per heavy atom. The zero-order valence-electron chi connectivity index (χ0n) is 13.5. The van der Waals surface area contributed by atoms with E-state index >= 15 is 0 Å². The normalized spacial score (nSPS) is 19.4. The number of hydrogen-bond donors (Lipinski definition) is 2. The molecule has 0 saturated heterocycles. The molecule has 2 N–H and O–H groups in total. The monoisotopic (exact) mass is 328 g/mol. The van der Waals surface area contributed by atoms with Gasteiger partial charge in [0.2, 0.25) is 5.91 Å². The van der Waals surface area contributed by atoms with Crippen molar-refractivity contribution in [1.29, 1.82) is 0 Å². The van der Waals surface area contributed by atoms with Gasteiger partial charge in [-0.05, 0) is 42.7 Å². The Morgan fingerprint density at radius 3 is 2.75 bits per heavy atom. The Bertz CT molecular complexity index is 730. The molecule has 2 aromatic rings. The molecule has 126 valence electrons. The fourth-order valence-electron chi connectivity index (χ4n) is 2.45. The number of furan rings is 2. The predicted molar refractivity (Wildman–Crippen MR) is 88.3 cm³/mol. The summed E-state index contributed by atoms with van der Waals surface area (Å²) in [6.07, 6.45) is 5.67. The summed E-state index contributed by atoms with van der Waals surface area (Å²) in [6, 6.07) is 7.06. The Morgan fingerprint density at radius 2 is 2.04 bits per heavy atom. The van der Waals surface area contributed by atoms with E-state index in [2.05, 4.69) is 17.6 Å². The van der Waals surface area contributed by atoms with E-state index < -0.39 is 0 Å². The molecule has 6 nitrogen and oxygen atoms in total. The predicted octanol–water partition coefficient (Wildman–Crippen LogP) is 2.56. The van der Waals surface area contributed by atoms with Crippen LogP contribution in [0, 0.1) is 5.92 Å². The van der Waals surface area contributed by atoms with Crippen LogP contribution in [0.3, 0.4) is 0 Å².